The zero-order chi connectivity index (χ0) is 24.3. The van der Waals surface area contributed by atoms with Crippen LogP contribution in [-0.4, -0.2) is 15.0 Å². The number of hydrogen-bond acceptors (Lipinski definition) is 3. The molecule has 3 aromatic heterocycles. The summed E-state index contributed by atoms with van der Waals surface area (Å²) in [5, 5.41) is 5.69. The van der Waals surface area contributed by atoms with Crippen LogP contribution in [0, 0.1) is 20.8 Å². The van der Waals surface area contributed by atoms with E-state index >= 15 is 0 Å². The van der Waals surface area contributed by atoms with Gasteiger partial charge in [0.2, 0.25) is 0 Å². The summed E-state index contributed by atoms with van der Waals surface area (Å²) in [6, 6.07) is 19.0. The predicted molar refractivity (Wildman–Crippen MR) is 149 cm³/mol. The number of rotatable bonds is 5. The highest BCUT2D eigenvalue weighted by Gasteiger charge is 2.22. The van der Waals surface area contributed by atoms with Crippen LogP contribution in [0.2, 0.25) is 0 Å². The number of anilines is 4. The van der Waals surface area contributed by atoms with Crippen molar-refractivity contribution in [3.63, 3.8) is 0 Å². The molecule has 0 aliphatic rings. The Morgan fingerprint density at radius 3 is 2.63 bits per heavy atom. The van der Waals surface area contributed by atoms with Gasteiger partial charge in [-0.05, 0) is 80.1 Å². The molecule has 0 saturated heterocycles. The van der Waals surface area contributed by atoms with Crippen LogP contribution < -0.4 is 16.2 Å². The number of nitrogens with zero attached hydrogens (tertiary/aromatic N) is 1. The third-order valence-corrected chi connectivity index (χ3v) is 7.00. The Morgan fingerprint density at radius 2 is 1.80 bits per heavy atom. The summed E-state index contributed by atoms with van der Waals surface area (Å²) < 4.78 is 0. The average molecular weight is 463 g/mol. The molecule has 0 saturated carbocycles. The topological polar surface area (TPSA) is 88.7 Å². The van der Waals surface area contributed by atoms with Gasteiger partial charge in [-0.3, -0.25) is 10.4 Å². The van der Waals surface area contributed by atoms with Gasteiger partial charge in [-0.2, -0.15) is 0 Å². The molecule has 3 aromatic carbocycles. The fourth-order valence-electron chi connectivity index (χ4n) is 5.34. The Morgan fingerprint density at radius 1 is 0.943 bits per heavy atom. The van der Waals surface area contributed by atoms with Gasteiger partial charge in [0, 0.05) is 39.4 Å². The number of aryl methyl sites for hydroxylation is 4. The van der Waals surface area contributed by atoms with Gasteiger partial charge >= 0.3 is 0 Å². The smallest absolute Gasteiger partial charge is 0.110 e. The van der Waals surface area contributed by atoms with Crippen LogP contribution in [0.4, 0.5) is 22.7 Å². The van der Waals surface area contributed by atoms with Crippen molar-refractivity contribution in [2.24, 2.45) is 0 Å². The maximum absolute atomic E-state index is 6.69. The molecule has 0 atom stereocenters. The third-order valence-electron chi connectivity index (χ3n) is 7.00. The van der Waals surface area contributed by atoms with Crippen molar-refractivity contribution in [1.29, 1.82) is 0 Å². The summed E-state index contributed by atoms with van der Waals surface area (Å²) in [7, 11) is 0. The van der Waals surface area contributed by atoms with Crippen molar-refractivity contribution in [3.05, 3.63) is 83.3 Å². The summed E-state index contributed by atoms with van der Waals surface area (Å²) >= 11 is 0. The van der Waals surface area contributed by atoms with E-state index in [1.807, 2.05) is 12.3 Å². The minimum absolute atomic E-state index is 0.700. The standard InChI is InChI=1S/C29H30N6/c1-5-21-18(4)33-24-7-6-8-26(27(21)24)35(29-23(30)12-11-22-16(2)15-31-28(22)29)34-20-10-9-19-13-17(3)32-25(19)14-20/h6-15,31-34H,5,30H2,1-4H3. The Kier molecular flexibility index (Phi) is 4.78. The van der Waals surface area contributed by atoms with Gasteiger partial charge in [-0.1, -0.05) is 25.1 Å². The lowest BCUT2D eigenvalue weighted by molar-refractivity contribution is 1.10. The molecule has 6 heteroatoms. The molecule has 35 heavy (non-hydrogen) atoms. The van der Waals surface area contributed by atoms with E-state index in [-0.39, 0.29) is 0 Å². The normalized spacial score (nSPS) is 11.7. The molecule has 6 aromatic rings. The number of nitrogen functional groups attached to an aromatic ring is 1. The Bertz CT molecular complexity index is 1710. The van der Waals surface area contributed by atoms with Gasteiger partial charge in [-0.25, -0.2) is 0 Å². The molecule has 0 unspecified atom stereocenters. The lowest BCUT2D eigenvalue weighted by Crippen LogP contribution is -2.26. The highest BCUT2D eigenvalue weighted by Crippen LogP contribution is 2.42. The molecule has 0 radical (unpaired) electrons. The number of benzene rings is 3. The highest BCUT2D eigenvalue weighted by molar-refractivity contribution is 6.06. The van der Waals surface area contributed by atoms with E-state index in [9.17, 15) is 0 Å². The van der Waals surface area contributed by atoms with Crippen molar-refractivity contribution in [2.45, 2.75) is 34.1 Å². The van der Waals surface area contributed by atoms with E-state index in [0.29, 0.717) is 5.69 Å². The van der Waals surface area contributed by atoms with E-state index in [4.69, 9.17) is 5.73 Å². The highest BCUT2D eigenvalue weighted by atomic mass is 15.5. The molecule has 0 bridgehead atoms. The molecule has 6 nitrogen and oxygen atoms in total. The molecule has 6 rings (SSSR count). The lowest BCUT2D eigenvalue weighted by atomic mass is 10.1. The molecule has 0 aliphatic heterocycles. The second-order valence-corrected chi connectivity index (χ2v) is 9.38. The zero-order valence-electron chi connectivity index (χ0n) is 20.5. The van der Waals surface area contributed by atoms with Gasteiger partial charge in [0.15, 0.2) is 0 Å². The third kappa shape index (κ3) is 3.33. The second kappa shape index (κ2) is 7.87. The molecule has 176 valence electrons. The number of hydrazine groups is 1. The number of H-pyrrole nitrogens is 3. The SMILES string of the molecule is CCc1c(C)[nH]c2cccc(N(Nc3ccc4cc(C)[nH]c4c3)c3c(N)ccc4c(C)c[nH]c34)c12. The predicted octanol–water partition coefficient (Wildman–Crippen LogP) is 7.37. The first-order valence-corrected chi connectivity index (χ1v) is 12.1. The van der Waals surface area contributed by atoms with Crippen LogP contribution in [0.15, 0.2) is 60.8 Å². The largest absolute Gasteiger partial charge is 0.397 e. The number of aromatic amines is 3. The molecule has 0 amide bonds. The first-order chi connectivity index (χ1) is 16.9. The number of fused-ring (bicyclic) bond motifs is 3. The average Bonchev–Trinajstić information content (AvgIpc) is 3.50. The minimum Gasteiger partial charge on any atom is -0.397 e. The zero-order valence-corrected chi connectivity index (χ0v) is 20.5. The maximum atomic E-state index is 6.69. The van der Waals surface area contributed by atoms with E-state index in [1.54, 1.807) is 0 Å². The summed E-state index contributed by atoms with van der Waals surface area (Å²) in [6.07, 6.45) is 2.98. The summed E-state index contributed by atoms with van der Waals surface area (Å²) in [4.78, 5) is 10.5. The van der Waals surface area contributed by atoms with E-state index in [1.165, 1.54) is 27.6 Å². The monoisotopic (exact) mass is 462 g/mol. The number of aromatic nitrogens is 3. The minimum atomic E-state index is 0.700. The van der Waals surface area contributed by atoms with Gasteiger partial charge in [0.1, 0.15) is 5.69 Å². The lowest BCUT2D eigenvalue weighted by Gasteiger charge is -2.29. The molecular weight excluding hydrogens is 432 g/mol. The van der Waals surface area contributed by atoms with E-state index in [2.05, 4.69) is 102 Å². The van der Waals surface area contributed by atoms with Gasteiger partial charge in [0.05, 0.1) is 22.6 Å². The molecule has 0 spiro atoms. The molecule has 6 N–H and O–H groups in total. The van der Waals surface area contributed by atoms with E-state index < -0.39 is 0 Å². The summed E-state index contributed by atoms with van der Waals surface area (Å²) in [5.74, 6) is 0. The summed E-state index contributed by atoms with van der Waals surface area (Å²) in [5.41, 5.74) is 22.1. The van der Waals surface area contributed by atoms with Crippen LogP contribution in [0.3, 0.4) is 0 Å². The van der Waals surface area contributed by atoms with Crippen LogP contribution in [-0.2, 0) is 6.42 Å². The molecular formula is C29H30N6. The van der Waals surface area contributed by atoms with Crippen molar-refractivity contribution < 1.29 is 0 Å². The number of nitrogens with one attached hydrogen (secondary N) is 4. The number of hydrogen-bond donors (Lipinski definition) is 5. The van der Waals surface area contributed by atoms with Crippen molar-refractivity contribution in [2.75, 3.05) is 16.2 Å². The van der Waals surface area contributed by atoms with Gasteiger partial charge in [-0.15, -0.1) is 0 Å². The Hall–Kier alpha value is -4.32. The van der Waals surface area contributed by atoms with Gasteiger partial charge < -0.3 is 20.7 Å². The first kappa shape index (κ1) is 21.2. The first-order valence-electron chi connectivity index (χ1n) is 12.1. The maximum Gasteiger partial charge on any atom is 0.110 e. The number of nitrogens with two attached hydrogens (primary N) is 1. The molecule has 3 heterocycles. The molecule has 0 aliphatic carbocycles. The Balaban J connectivity index is 1.62. The summed E-state index contributed by atoms with van der Waals surface area (Å²) in [6.45, 7) is 8.54. The van der Waals surface area contributed by atoms with Gasteiger partial charge in [0.25, 0.3) is 0 Å². The second-order valence-electron chi connectivity index (χ2n) is 9.38. The fraction of sp³-hybridized carbons (Fsp3) is 0.172. The fourth-order valence-corrected chi connectivity index (χ4v) is 5.34. The quantitative estimate of drug-likeness (QED) is 0.137. The van der Waals surface area contributed by atoms with Crippen molar-refractivity contribution in [1.82, 2.24) is 15.0 Å². The van der Waals surface area contributed by atoms with Crippen LogP contribution >= 0.6 is 0 Å². The van der Waals surface area contributed by atoms with E-state index in [0.717, 1.165) is 51.1 Å². The van der Waals surface area contributed by atoms with Crippen LogP contribution in [0.25, 0.3) is 32.7 Å². The van der Waals surface area contributed by atoms with Crippen LogP contribution in [0.5, 0.6) is 0 Å². The molecule has 0 fully saturated rings. The van der Waals surface area contributed by atoms with Crippen LogP contribution in [0.1, 0.15) is 29.4 Å². The van der Waals surface area contributed by atoms with Crippen molar-refractivity contribution >= 4 is 55.5 Å². The van der Waals surface area contributed by atoms with Crippen molar-refractivity contribution in [3.8, 4) is 0 Å². The Labute approximate surface area is 204 Å².